The Morgan fingerprint density at radius 1 is 1.25 bits per heavy atom. The lowest BCUT2D eigenvalue weighted by atomic mass is 9.53. The number of rotatable bonds is 4. The summed E-state index contributed by atoms with van der Waals surface area (Å²) in [6.45, 7) is -0.0344. The number of hydrogen-bond acceptors (Lipinski definition) is 3. The van der Waals surface area contributed by atoms with E-state index in [0.29, 0.717) is 16.3 Å². The van der Waals surface area contributed by atoms with E-state index in [1.54, 1.807) is 18.2 Å². The predicted octanol–water partition coefficient (Wildman–Crippen LogP) is 3.68. The zero-order valence-electron chi connectivity index (χ0n) is 13.6. The Hall–Kier alpha value is -1.73. The number of hydrogen-bond donors (Lipinski definition) is 1. The van der Waals surface area contributed by atoms with Crippen molar-refractivity contribution in [2.75, 3.05) is 6.61 Å². The van der Waals surface area contributed by atoms with Crippen LogP contribution in [0.3, 0.4) is 0 Å². The van der Waals surface area contributed by atoms with Crippen molar-refractivity contribution in [3.05, 3.63) is 28.8 Å². The predicted molar refractivity (Wildman–Crippen MR) is 90.7 cm³/mol. The summed E-state index contributed by atoms with van der Waals surface area (Å²) in [6, 6.07) is 6.85. The van der Waals surface area contributed by atoms with Crippen molar-refractivity contribution in [2.24, 2.45) is 17.8 Å². The molecule has 0 aromatic heterocycles. The van der Waals surface area contributed by atoms with Crippen LogP contribution >= 0.6 is 11.6 Å². The third-order valence-electron chi connectivity index (χ3n) is 5.86. The smallest absolute Gasteiger partial charge is 0.258 e. The van der Waals surface area contributed by atoms with Gasteiger partial charge in [-0.2, -0.15) is 5.26 Å². The average Bonchev–Trinajstić information content (AvgIpc) is 2.51. The number of halogens is 1. The molecule has 1 N–H and O–H groups in total. The number of carbonyl (C=O) groups is 1. The van der Waals surface area contributed by atoms with Crippen LogP contribution in [0.1, 0.15) is 44.1 Å². The van der Waals surface area contributed by atoms with E-state index in [-0.39, 0.29) is 18.1 Å². The zero-order valence-corrected chi connectivity index (χ0v) is 14.3. The van der Waals surface area contributed by atoms with Gasteiger partial charge in [0.25, 0.3) is 5.91 Å². The molecule has 1 aromatic carbocycles. The molecule has 4 nitrogen and oxygen atoms in total. The summed E-state index contributed by atoms with van der Waals surface area (Å²) < 4.78 is 5.56. The fourth-order valence-electron chi connectivity index (χ4n) is 5.43. The molecule has 1 aromatic rings. The second-order valence-corrected chi connectivity index (χ2v) is 8.20. The molecule has 126 valence electrons. The number of benzene rings is 1. The lowest BCUT2D eigenvalue weighted by Crippen LogP contribution is -2.60. The van der Waals surface area contributed by atoms with Crippen molar-refractivity contribution in [2.45, 2.75) is 44.1 Å². The molecule has 0 atom stereocenters. The quantitative estimate of drug-likeness (QED) is 0.906. The lowest BCUT2D eigenvalue weighted by molar-refractivity contribution is -0.128. The van der Waals surface area contributed by atoms with Gasteiger partial charge in [-0.05, 0) is 74.5 Å². The highest BCUT2D eigenvalue weighted by atomic mass is 35.5. The molecule has 5 heteroatoms. The summed E-state index contributed by atoms with van der Waals surface area (Å²) in [5.74, 6) is 2.76. The van der Waals surface area contributed by atoms with Gasteiger partial charge in [-0.15, -0.1) is 0 Å². The first kappa shape index (κ1) is 15.8. The summed E-state index contributed by atoms with van der Waals surface area (Å²) in [7, 11) is 0. The Morgan fingerprint density at radius 3 is 2.42 bits per heavy atom. The molecular formula is C19H21ClN2O2. The van der Waals surface area contributed by atoms with Crippen LogP contribution in [-0.4, -0.2) is 18.1 Å². The summed E-state index contributed by atoms with van der Waals surface area (Å²) in [5, 5.41) is 12.5. The second-order valence-electron chi connectivity index (χ2n) is 7.79. The molecule has 0 spiro atoms. The maximum atomic E-state index is 12.4. The fourth-order valence-corrected chi connectivity index (χ4v) is 5.66. The van der Waals surface area contributed by atoms with Gasteiger partial charge in [0.15, 0.2) is 6.61 Å². The fraction of sp³-hybridized carbons (Fsp3) is 0.579. The van der Waals surface area contributed by atoms with Gasteiger partial charge in [0.05, 0.1) is 16.7 Å². The first-order valence-electron chi connectivity index (χ1n) is 8.69. The Labute approximate surface area is 147 Å². The Bertz CT molecular complexity index is 675. The number of nitrogens with zero attached hydrogens (tertiary/aromatic N) is 1. The molecule has 0 heterocycles. The summed E-state index contributed by atoms with van der Waals surface area (Å²) in [6.07, 6.45) is 7.44. The van der Waals surface area contributed by atoms with E-state index in [0.717, 1.165) is 37.0 Å². The highest BCUT2D eigenvalue weighted by Crippen LogP contribution is 2.55. The molecule has 0 radical (unpaired) electrons. The Morgan fingerprint density at radius 2 is 1.88 bits per heavy atom. The van der Waals surface area contributed by atoms with E-state index in [1.807, 2.05) is 6.07 Å². The minimum absolute atomic E-state index is 0.00362. The molecule has 5 rings (SSSR count). The van der Waals surface area contributed by atoms with Crippen molar-refractivity contribution in [3.8, 4) is 11.8 Å². The van der Waals surface area contributed by atoms with Crippen LogP contribution in [-0.2, 0) is 4.79 Å². The number of nitrogens with one attached hydrogen (secondary N) is 1. The van der Waals surface area contributed by atoms with Crippen LogP contribution in [0, 0.1) is 29.1 Å². The largest absolute Gasteiger partial charge is 0.482 e. The normalized spacial score (nSPS) is 33.1. The van der Waals surface area contributed by atoms with Gasteiger partial charge in [-0.1, -0.05) is 11.6 Å². The van der Waals surface area contributed by atoms with Gasteiger partial charge < -0.3 is 10.1 Å². The molecular weight excluding hydrogens is 324 g/mol. The van der Waals surface area contributed by atoms with E-state index in [4.69, 9.17) is 21.6 Å². The molecule has 4 aliphatic carbocycles. The van der Waals surface area contributed by atoms with E-state index in [9.17, 15) is 4.79 Å². The minimum Gasteiger partial charge on any atom is -0.482 e. The third-order valence-corrected chi connectivity index (χ3v) is 6.16. The summed E-state index contributed by atoms with van der Waals surface area (Å²) in [4.78, 5) is 12.4. The minimum atomic E-state index is -0.0719. The Balaban J connectivity index is 1.37. The molecule has 24 heavy (non-hydrogen) atoms. The maximum absolute atomic E-state index is 12.4. The van der Waals surface area contributed by atoms with Crippen LogP contribution in [0.5, 0.6) is 5.75 Å². The van der Waals surface area contributed by atoms with E-state index in [2.05, 4.69) is 5.32 Å². The molecule has 4 saturated carbocycles. The van der Waals surface area contributed by atoms with Crippen LogP contribution < -0.4 is 10.1 Å². The SMILES string of the molecule is N#Cc1ccc(OCC(=O)NC23CC4CC(CC(C4)C2)C3)c(Cl)c1. The molecule has 0 saturated heterocycles. The average molecular weight is 345 g/mol. The van der Waals surface area contributed by atoms with Crippen molar-refractivity contribution < 1.29 is 9.53 Å². The number of nitriles is 1. The Kier molecular flexibility index (Phi) is 3.92. The highest BCUT2D eigenvalue weighted by Gasteiger charge is 2.51. The van der Waals surface area contributed by atoms with Gasteiger partial charge in [0, 0.05) is 5.54 Å². The first-order chi connectivity index (χ1) is 11.5. The molecule has 0 unspecified atom stereocenters. The van der Waals surface area contributed by atoms with Gasteiger partial charge in [-0.3, -0.25) is 4.79 Å². The van der Waals surface area contributed by atoms with Crippen LogP contribution in [0.15, 0.2) is 18.2 Å². The van der Waals surface area contributed by atoms with Crippen molar-refractivity contribution >= 4 is 17.5 Å². The van der Waals surface area contributed by atoms with Gasteiger partial charge in [0.1, 0.15) is 5.75 Å². The van der Waals surface area contributed by atoms with Crippen LogP contribution in [0.2, 0.25) is 5.02 Å². The molecule has 4 bridgehead atoms. The monoisotopic (exact) mass is 344 g/mol. The number of carbonyl (C=O) groups excluding carboxylic acids is 1. The van der Waals surface area contributed by atoms with Crippen molar-refractivity contribution in [3.63, 3.8) is 0 Å². The molecule has 1 amide bonds. The van der Waals surface area contributed by atoms with Crippen LogP contribution in [0.25, 0.3) is 0 Å². The molecule has 0 aliphatic heterocycles. The molecule has 4 aliphatic rings. The zero-order chi connectivity index (χ0) is 16.7. The van der Waals surface area contributed by atoms with Crippen molar-refractivity contribution in [1.29, 1.82) is 5.26 Å². The standard InChI is InChI=1S/C19H21ClN2O2/c20-16-6-12(10-21)1-2-17(16)24-11-18(23)22-19-7-13-3-14(8-19)5-15(4-13)9-19/h1-2,6,13-15H,3-5,7-9,11H2,(H,22,23). The summed E-state index contributed by atoms with van der Waals surface area (Å²) in [5.41, 5.74) is 0.481. The van der Waals surface area contributed by atoms with Crippen LogP contribution in [0.4, 0.5) is 0 Å². The van der Waals surface area contributed by atoms with E-state index >= 15 is 0 Å². The highest BCUT2D eigenvalue weighted by molar-refractivity contribution is 6.32. The first-order valence-corrected chi connectivity index (χ1v) is 9.06. The lowest BCUT2D eigenvalue weighted by Gasteiger charge is -2.56. The van der Waals surface area contributed by atoms with Crippen molar-refractivity contribution in [1.82, 2.24) is 5.32 Å². The number of amides is 1. The maximum Gasteiger partial charge on any atom is 0.258 e. The van der Waals surface area contributed by atoms with Gasteiger partial charge >= 0.3 is 0 Å². The third kappa shape index (κ3) is 2.98. The molecule has 4 fully saturated rings. The topological polar surface area (TPSA) is 62.1 Å². The van der Waals surface area contributed by atoms with E-state index in [1.165, 1.54) is 19.3 Å². The second kappa shape index (κ2) is 5.97. The van der Waals surface area contributed by atoms with Gasteiger partial charge in [-0.25, -0.2) is 0 Å². The van der Waals surface area contributed by atoms with Gasteiger partial charge in [0.2, 0.25) is 0 Å². The number of ether oxygens (including phenoxy) is 1. The summed E-state index contributed by atoms with van der Waals surface area (Å²) >= 11 is 6.08. The van der Waals surface area contributed by atoms with E-state index < -0.39 is 0 Å².